The van der Waals surface area contributed by atoms with Gasteiger partial charge in [0, 0.05) is 25.2 Å². The highest BCUT2D eigenvalue weighted by molar-refractivity contribution is 5.91. The summed E-state index contributed by atoms with van der Waals surface area (Å²) in [5.41, 5.74) is 4.84. The van der Waals surface area contributed by atoms with E-state index in [1.165, 1.54) is 14.2 Å². The summed E-state index contributed by atoms with van der Waals surface area (Å²) in [4.78, 5) is 27.3. The highest BCUT2D eigenvalue weighted by Gasteiger charge is 2.31. The van der Waals surface area contributed by atoms with E-state index in [1.54, 1.807) is 33.5 Å². The van der Waals surface area contributed by atoms with Gasteiger partial charge >= 0.3 is 11.9 Å². The predicted molar refractivity (Wildman–Crippen MR) is 146 cm³/mol. The van der Waals surface area contributed by atoms with Gasteiger partial charge in [-0.25, -0.2) is 9.59 Å². The molecule has 1 unspecified atom stereocenters. The number of ether oxygens (including phenoxy) is 5. The largest absolute Gasteiger partial charge is 0.497 e. The van der Waals surface area contributed by atoms with E-state index in [2.05, 4.69) is 4.90 Å². The van der Waals surface area contributed by atoms with Crippen molar-refractivity contribution in [2.45, 2.75) is 18.9 Å². The van der Waals surface area contributed by atoms with E-state index in [1.807, 2.05) is 54.7 Å². The summed E-state index contributed by atoms with van der Waals surface area (Å²) in [5.74, 6) is 0.690. The summed E-state index contributed by atoms with van der Waals surface area (Å²) in [5, 5.41) is 0. The van der Waals surface area contributed by atoms with E-state index in [9.17, 15) is 9.59 Å². The molecular weight excluding hydrogens is 498 g/mol. The molecule has 0 N–H and O–H groups in total. The molecule has 0 spiro atoms. The van der Waals surface area contributed by atoms with E-state index < -0.39 is 11.9 Å². The smallest absolute Gasteiger partial charge is 0.337 e. The van der Waals surface area contributed by atoms with E-state index in [0.717, 1.165) is 28.0 Å². The van der Waals surface area contributed by atoms with Crippen LogP contribution in [0, 0.1) is 0 Å². The number of carbonyl (C=O) groups is 2. The van der Waals surface area contributed by atoms with Crippen molar-refractivity contribution in [3.8, 4) is 17.2 Å². The molecule has 1 aliphatic rings. The summed E-state index contributed by atoms with van der Waals surface area (Å²) >= 11 is 0. The first-order chi connectivity index (χ1) is 18.9. The van der Waals surface area contributed by atoms with Gasteiger partial charge in [-0.1, -0.05) is 24.3 Å². The van der Waals surface area contributed by atoms with Crippen molar-refractivity contribution >= 4 is 11.9 Å². The fourth-order valence-corrected chi connectivity index (χ4v) is 4.86. The molecule has 0 radical (unpaired) electrons. The third-order valence-electron chi connectivity index (χ3n) is 6.89. The SMILES string of the molecule is COC(=O)/C1=C/N(Cc2ccc(C(=O)OC)cc2)CCc2cc(OC)c(OC)cc2C1c1ccc(OC)cc1. The van der Waals surface area contributed by atoms with Crippen LogP contribution in [0.3, 0.4) is 0 Å². The summed E-state index contributed by atoms with van der Waals surface area (Å²) < 4.78 is 26.7. The molecule has 0 amide bonds. The number of hydrogen-bond donors (Lipinski definition) is 0. The van der Waals surface area contributed by atoms with Crippen LogP contribution in [-0.4, -0.2) is 58.9 Å². The van der Waals surface area contributed by atoms with Gasteiger partial charge in [0.15, 0.2) is 11.5 Å². The summed E-state index contributed by atoms with van der Waals surface area (Å²) in [6.45, 7) is 1.16. The predicted octanol–water partition coefficient (Wildman–Crippen LogP) is 4.75. The topological polar surface area (TPSA) is 83.5 Å². The molecule has 8 nitrogen and oxygen atoms in total. The number of methoxy groups -OCH3 is 5. The van der Waals surface area contributed by atoms with Gasteiger partial charge in [-0.15, -0.1) is 0 Å². The Hall–Kier alpha value is -4.46. The molecule has 0 fully saturated rings. The quantitative estimate of drug-likeness (QED) is 0.386. The Bertz CT molecular complexity index is 1350. The molecule has 0 saturated heterocycles. The van der Waals surface area contributed by atoms with E-state index in [0.29, 0.717) is 42.1 Å². The molecule has 0 saturated carbocycles. The first kappa shape index (κ1) is 27.6. The lowest BCUT2D eigenvalue weighted by Gasteiger charge is -2.31. The number of benzene rings is 3. The van der Waals surface area contributed by atoms with Gasteiger partial charge in [0.05, 0.1) is 46.7 Å². The lowest BCUT2D eigenvalue weighted by Crippen LogP contribution is -2.27. The standard InChI is InChI=1S/C31H33NO7/c1-35-24-12-10-21(11-13-24)29-25-17-28(37-3)27(36-2)16-23(25)14-15-32(19-26(29)31(34)39-5)18-20-6-8-22(9-7-20)30(33)38-4/h6-13,16-17,19,29H,14-15,18H2,1-5H3/b26-19+. The van der Waals surface area contributed by atoms with Crippen molar-refractivity contribution in [1.82, 2.24) is 4.90 Å². The Kier molecular flexibility index (Phi) is 8.76. The second-order valence-electron chi connectivity index (χ2n) is 9.10. The summed E-state index contributed by atoms with van der Waals surface area (Å²) in [7, 11) is 7.57. The molecule has 1 heterocycles. The van der Waals surface area contributed by atoms with Crippen LogP contribution in [0.15, 0.2) is 72.4 Å². The molecule has 4 rings (SSSR count). The minimum absolute atomic E-state index is 0.385. The third kappa shape index (κ3) is 6.00. The van der Waals surface area contributed by atoms with Crippen LogP contribution in [0.4, 0.5) is 0 Å². The lowest BCUT2D eigenvalue weighted by molar-refractivity contribution is -0.136. The molecule has 39 heavy (non-hydrogen) atoms. The van der Waals surface area contributed by atoms with Crippen LogP contribution >= 0.6 is 0 Å². The van der Waals surface area contributed by atoms with Crippen LogP contribution < -0.4 is 14.2 Å². The molecular formula is C31H33NO7. The fourth-order valence-electron chi connectivity index (χ4n) is 4.86. The van der Waals surface area contributed by atoms with Crippen LogP contribution in [0.2, 0.25) is 0 Å². The number of nitrogens with zero attached hydrogens (tertiary/aromatic N) is 1. The monoisotopic (exact) mass is 531 g/mol. The Labute approximate surface area is 228 Å². The van der Waals surface area contributed by atoms with Gasteiger partial charge in [-0.3, -0.25) is 0 Å². The first-order valence-corrected chi connectivity index (χ1v) is 12.5. The fraction of sp³-hybridized carbons (Fsp3) is 0.290. The van der Waals surface area contributed by atoms with Gasteiger partial charge < -0.3 is 28.6 Å². The Morgan fingerprint density at radius 2 is 1.44 bits per heavy atom. The molecule has 0 aliphatic carbocycles. The van der Waals surface area contributed by atoms with Crippen molar-refractivity contribution in [2.24, 2.45) is 0 Å². The van der Waals surface area contributed by atoms with E-state index in [4.69, 9.17) is 23.7 Å². The summed E-state index contributed by atoms with van der Waals surface area (Å²) in [6.07, 6.45) is 2.59. The Balaban J connectivity index is 1.84. The second kappa shape index (κ2) is 12.4. The third-order valence-corrected chi connectivity index (χ3v) is 6.89. The maximum atomic E-state index is 13.3. The molecule has 8 heteroatoms. The molecule has 0 bridgehead atoms. The van der Waals surface area contributed by atoms with Gasteiger partial charge in [0.2, 0.25) is 0 Å². The number of hydrogen-bond acceptors (Lipinski definition) is 8. The van der Waals surface area contributed by atoms with Gasteiger partial charge in [0.25, 0.3) is 0 Å². The molecule has 1 aliphatic heterocycles. The van der Waals surface area contributed by atoms with Gasteiger partial charge in [-0.2, -0.15) is 0 Å². The van der Waals surface area contributed by atoms with Crippen molar-refractivity contribution < 1.29 is 33.3 Å². The highest BCUT2D eigenvalue weighted by atomic mass is 16.5. The first-order valence-electron chi connectivity index (χ1n) is 12.5. The number of fused-ring (bicyclic) bond motifs is 1. The molecule has 3 aromatic carbocycles. The lowest BCUT2D eigenvalue weighted by atomic mass is 9.81. The van der Waals surface area contributed by atoms with Crippen molar-refractivity contribution in [3.63, 3.8) is 0 Å². The zero-order chi connectivity index (χ0) is 27.9. The maximum absolute atomic E-state index is 13.3. The number of rotatable bonds is 8. The second-order valence-corrected chi connectivity index (χ2v) is 9.10. The van der Waals surface area contributed by atoms with Crippen molar-refractivity contribution in [1.29, 1.82) is 0 Å². The highest BCUT2D eigenvalue weighted by Crippen LogP contribution is 2.42. The van der Waals surface area contributed by atoms with E-state index >= 15 is 0 Å². The average Bonchev–Trinajstić information content (AvgIpc) is 2.98. The molecule has 3 aromatic rings. The van der Waals surface area contributed by atoms with Gasteiger partial charge in [0.1, 0.15) is 5.75 Å². The normalized spacial score (nSPS) is 16.1. The van der Waals surface area contributed by atoms with Crippen molar-refractivity contribution in [2.75, 3.05) is 42.1 Å². The molecule has 204 valence electrons. The van der Waals surface area contributed by atoms with Crippen LogP contribution in [0.1, 0.15) is 38.5 Å². The maximum Gasteiger partial charge on any atom is 0.337 e. The van der Waals surface area contributed by atoms with Crippen LogP contribution in [0.5, 0.6) is 17.2 Å². The number of esters is 2. The van der Waals surface area contributed by atoms with Crippen LogP contribution in [0.25, 0.3) is 0 Å². The molecule has 1 atom stereocenters. The van der Waals surface area contributed by atoms with Crippen LogP contribution in [-0.2, 0) is 27.2 Å². The van der Waals surface area contributed by atoms with Crippen molar-refractivity contribution in [3.05, 3.63) is 100 Å². The Morgan fingerprint density at radius 3 is 2.03 bits per heavy atom. The van der Waals surface area contributed by atoms with Gasteiger partial charge in [-0.05, 0) is 65.1 Å². The number of carbonyl (C=O) groups excluding carboxylic acids is 2. The summed E-state index contributed by atoms with van der Waals surface area (Å²) in [6, 6.07) is 18.9. The molecule has 0 aromatic heterocycles. The average molecular weight is 532 g/mol. The minimum Gasteiger partial charge on any atom is -0.497 e. The minimum atomic E-state index is -0.428. The zero-order valence-corrected chi connectivity index (χ0v) is 22.9. The Morgan fingerprint density at radius 1 is 0.795 bits per heavy atom. The zero-order valence-electron chi connectivity index (χ0n) is 22.9. The van der Waals surface area contributed by atoms with E-state index in [-0.39, 0.29) is 5.97 Å².